The van der Waals surface area contributed by atoms with Crippen LogP contribution in [0.5, 0.6) is 0 Å². The topological polar surface area (TPSA) is 52.6 Å². The first-order chi connectivity index (χ1) is 9.63. The van der Waals surface area contributed by atoms with Crippen LogP contribution < -0.4 is 0 Å². The van der Waals surface area contributed by atoms with Crippen LogP contribution in [0.2, 0.25) is 0 Å². The first-order valence-corrected chi connectivity index (χ1v) is 7.96. The number of carbonyl (C=O) groups excluding carboxylic acids is 2. The first-order valence-electron chi connectivity index (χ1n) is 7.96. The summed E-state index contributed by atoms with van der Waals surface area (Å²) in [5.41, 5.74) is 0. The molecule has 0 saturated heterocycles. The molecule has 0 aromatic carbocycles. The monoisotopic (exact) mass is 286 g/mol. The summed E-state index contributed by atoms with van der Waals surface area (Å²) in [6.07, 6.45) is 8.42. The second-order valence-corrected chi connectivity index (χ2v) is 5.18. The molecule has 0 aliphatic rings. The van der Waals surface area contributed by atoms with Gasteiger partial charge in [0.05, 0.1) is 13.2 Å². The Hall–Kier alpha value is -1.06. The Kier molecular flexibility index (Phi) is 12.3. The van der Waals surface area contributed by atoms with E-state index in [-0.39, 0.29) is 0 Å². The van der Waals surface area contributed by atoms with Gasteiger partial charge in [-0.15, -0.1) is 0 Å². The molecule has 0 fully saturated rings. The SMILES string of the molecule is CCCCCCOC(=O)C(C)C(=O)OCCCCCC. The fourth-order valence-corrected chi connectivity index (χ4v) is 1.75. The van der Waals surface area contributed by atoms with Crippen molar-refractivity contribution in [2.24, 2.45) is 5.92 Å². The predicted molar refractivity (Wildman–Crippen MR) is 79.4 cm³/mol. The second kappa shape index (κ2) is 12.9. The maximum absolute atomic E-state index is 11.6. The number of ether oxygens (including phenoxy) is 2. The highest BCUT2D eigenvalue weighted by Crippen LogP contribution is 2.06. The van der Waals surface area contributed by atoms with Crippen LogP contribution in [0, 0.1) is 5.92 Å². The van der Waals surface area contributed by atoms with Crippen molar-refractivity contribution in [1.29, 1.82) is 0 Å². The number of carbonyl (C=O) groups is 2. The molecule has 0 N–H and O–H groups in total. The van der Waals surface area contributed by atoms with E-state index in [0.717, 1.165) is 51.4 Å². The van der Waals surface area contributed by atoms with Gasteiger partial charge in [-0.1, -0.05) is 52.4 Å². The van der Waals surface area contributed by atoms with Crippen molar-refractivity contribution in [2.45, 2.75) is 72.1 Å². The second-order valence-electron chi connectivity index (χ2n) is 5.18. The third-order valence-corrected chi connectivity index (χ3v) is 3.19. The summed E-state index contributed by atoms with van der Waals surface area (Å²) >= 11 is 0. The van der Waals surface area contributed by atoms with E-state index in [1.165, 1.54) is 0 Å². The van der Waals surface area contributed by atoms with Gasteiger partial charge in [-0.3, -0.25) is 9.59 Å². The van der Waals surface area contributed by atoms with Crippen LogP contribution in [-0.2, 0) is 19.1 Å². The van der Waals surface area contributed by atoms with Gasteiger partial charge in [-0.05, 0) is 19.8 Å². The van der Waals surface area contributed by atoms with Crippen LogP contribution in [0.15, 0.2) is 0 Å². The van der Waals surface area contributed by atoms with Crippen molar-refractivity contribution >= 4 is 11.9 Å². The Morgan fingerprint density at radius 3 is 1.50 bits per heavy atom. The van der Waals surface area contributed by atoms with E-state index in [9.17, 15) is 9.59 Å². The van der Waals surface area contributed by atoms with Gasteiger partial charge in [0.15, 0.2) is 5.92 Å². The lowest BCUT2D eigenvalue weighted by Crippen LogP contribution is -2.26. The lowest BCUT2D eigenvalue weighted by Gasteiger charge is -2.11. The maximum Gasteiger partial charge on any atom is 0.320 e. The molecule has 0 atom stereocenters. The minimum atomic E-state index is -0.813. The highest BCUT2D eigenvalue weighted by molar-refractivity contribution is 5.94. The average Bonchev–Trinajstić information content (AvgIpc) is 2.45. The van der Waals surface area contributed by atoms with Crippen LogP contribution in [0.25, 0.3) is 0 Å². The van der Waals surface area contributed by atoms with Gasteiger partial charge in [0, 0.05) is 0 Å². The molecule has 4 heteroatoms. The Bertz CT molecular complexity index is 237. The fourth-order valence-electron chi connectivity index (χ4n) is 1.75. The molecule has 0 bridgehead atoms. The predicted octanol–water partition coefficient (Wildman–Crippen LogP) is 3.87. The van der Waals surface area contributed by atoms with E-state index in [1.807, 2.05) is 0 Å². The average molecular weight is 286 g/mol. The molecular weight excluding hydrogens is 256 g/mol. The molecule has 0 amide bonds. The molecule has 0 heterocycles. The fraction of sp³-hybridized carbons (Fsp3) is 0.875. The van der Waals surface area contributed by atoms with Gasteiger partial charge in [-0.2, -0.15) is 0 Å². The van der Waals surface area contributed by atoms with E-state index < -0.39 is 17.9 Å². The van der Waals surface area contributed by atoms with Gasteiger partial charge in [0.1, 0.15) is 0 Å². The largest absolute Gasteiger partial charge is 0.465 e. The molecule has 0 unspecified atom stereocenters. The quantitative estimate of drug-likeness (QED) is 0.310. The normalized spacial score (nSPS) is 10.6. The molecular formula is C16H30O4. The summed E-state index contributed by atoms with van der Waals surface area (Å²) in [5, 5.41) is 0. The third kappa shape index (κ3) is 9.82. The zero-order valence-corrected chi connectivity index (χ0v) is 13.3. The zero-order valence-electron chi connectivity index (χ0n) is 13.3. The lowest BCUT2D eigenvalue weighted by atomic mass is 10.2. The van der Waals surface area contributed by atoms with E-state index >= 15 is 0 Å². The molecule has 0 aliphatic carbocycles. The molecule has 118 valence electrons. The maximum atomic E-state index is 11.6. The lowest BCUT2D eigenvalue weighted by molar-refractivity contribution is -0.161. The van der Waals surface area contributed by atoms with Crippen LogP contribution in [0.1, 0.15) is 72.1 Å². The Morgan fingerprint density at radius 2 is 1.15 bits per heavy atom. The molecule has 4 nitrogen and oxygen atoms in total. The van der Waals surface area contributed by atoms with Crippen molar-refractivity contribution in [3.05, 3.63) is 0 Å². The van der Waals surface area contributed by atoms with Crippen LogP contribution >= 0.6 is 0 Å². The number of hydrogen-bond donors (Lipinski definition) is 0. The van der Waals surface area contributed by atoms with Gasteiger partial charge < -0.3 is 9.47 Å². The summed E-state index contributed by atoms with van der Waals surface area (Å²) < 4.78 is 10.2. The van der Waals surface area contributed by atoms with Gasteiger partial charge >= 0.3 is 11.9 Å². The highest BCUT2D eigenvalue weighted by Gasteiger charge is 2.24. The first kappa shape index (κ1) is 18.9. The molecule has 0 rings (SSSR count). The number of rotatable bonds is 12. The van der Waals surface area contributed by atoms with Crippen molar-refractivity contribution in [3.63, 3.8) is 0 Å². The molecule has 0 aromatic rings. The van der Waals surface area contributed by atoms with E-state index in [4.69, 9.17) is 9.47 Å². The molecule has 0 aromatic heterocycles. The van der Waals surface area contributed by atoms with Crippen molar-refractivity contribution in [3.8, 4) is 0 Å². The molecule has 0 aliphatic heterocycles. The Balaban J connectivity index is 3.67. The Labute approximate surface area is 123 Å². The van der Waals surface area contributed by atoms with Crippen molar-refractivity contribution in [1.82, 2.24) is 0 Å². The number of esters is 2. The minimum Gasteiger partial charge on any atom is -0.465 e. The molecule has 0 spiro atoms. The third-order valence-electron chi connectivity index (χ3n) is 3.19. The van der Waals surface area contributed by atoms with Gasteiger partial charge in [-0.25, -0.2) is 0 Å². The van der Waals surface area contributed by atoms with E-state index in [1.54, 1.807) is 6.92 Å². The van der Waals surface area contributed by atoms with Gasteiger partial charge in [0.25, 0.3) is 0 Å². The number of hydrogen-bond acceptors (Lipinski definition) is 4. The summed E-state index contributed by atoms with van der Waals surface area (Å²) in [5.74, 6) is -1.76. The highest BCUT2D eigenvalue weighted by atomic mass is 16.6. The van der Waals surface area contributed by atoms with Crippen LogP contribution in [-0.4, -0.2) is 25.2 Å². The van der Waals surface area contributed by atoms with E-state index in [2.05, 4.69) is 13.8 Å². The molecule has 0 saturated carbocycles. The Morgan fingerprint density at radius 1 is 0.750 bits per heavy atom. The smallest absolute Gasteiger partial charge is 0.320 e. The summed E-state index contributed by atoms with van der Waals surface area (Å²) in [4.78, 5) is 23.3. The minimum absolute atomic E-state index is 0.396. The summed E-state index contributed by atoms with van der Waals surface area (Å²) in [7, 11) is 0. The molecule has 20 heavy (non-hydrogen) atoms. The molecule has 0 radical (unpaired) electrons. The standard InChI is InChI=1S/C16H30O4/c1-4-6-8-10-12-19-15(17)14(3)16(18)20-13-11-9-7-5-2/h14H,4-13H2,1-3H3. The van der Waals surface area contributed by atoms with E-state index in [0.29, 0.717) is 13.2 Å². The number of unbranched alkanes of at least 4 members (excludes halogenated alkanes) is 6. The van der Waals surface area contributed by atoms with Gasteiger partial charge in [0.2, 0.25) is 0 Å². The van der Waals surface area contributed by atoms with Crippen LogP contribution in [0.4, 0.5) is 0 Å². The van der Waals surface area contributed by atoms with Crippen molar-refractivity contribution in [2.75, 3.05) is 13.2 Å². The summed E-state index contributed by atoms with van der Waals surface area (Å²) in [6, 6.07) is 0. The summed E-state index contributed by atoms with van der Waals surface area (Å²) in [6.45, 7) is 6.60. The van der Waals surface area contributed by atoms with Crippen LogP contribution in [0.3, 0.4) is 0 Å². The zero-order chi connectivity index (χ0) is 15.2. The van der Waals surface area contributed by atoms with Crippen molar-refractivity contribution < 1.29 is 19.1 Å².